The minimum atomic E-state index is -3.08. The third kappa shape index (κ3) is 4.02. The van der Waals surface area contributed by atoms with Gasteiger partial charge < -0.3 is 10.4 Å². The third-order valence-electron chi connectivity index (χ3n) is 3.36. The van der Waals surface area contributed by atoms with Gasteiger partial charge in [-0.15, -0.1) is 11.3 Å². The van der Waals surface area contributed by atoms with Gasteiger partial charge in [0.25, 0.3) is 0 Å². The molecule has 112 valence electrons. The molecule has 0 amide bonds. The maximum absolute atomic E-state index is 11.4. The van der Waals surface area contributed by atoms with Gasteiger partial charge in [-0.1, -0.05) is 0 Å². The molecule has 1 aliphatic heterocycles. The normalized spacial score (nSPS) is 18.2. The molecular formula is C12H18N2O4S2. The zero-order valence-corrected chi connectivity index (χ0v) is 12.8. The van der Waals surface area contributed by atoms with Gasteiger partial charge in [-0.25, -0.2) is 17.5 Å². The van der Waals surface area contributed by atoms with E-state index in [0.717, 1.165) is 17.7 Å². The summed E-state index contributed by atoms with van der Waals surface area (Å²) in [5, 5.41) is 12.2. The van der Waals surface area contributed by atoms with E-state index in [1.807, 2.05) is 6.07 Å². The van der Waals surface area contributed by atoms with Crippen LogP contribution in [0, 0.1) is 0 Å². The fourth-order valence-corrected chi connectivity index (χ4v) is 3.90. The predicted molar refractivity (Wildman–Crippen MR) is 77.6 cm³/mol. The molecule has 1 aromatic heterocycles. The molecule has 6 nitrogen and oxygen atoms in total. The third-order valence-corrected chi connectivity index (χ3v) is 5.74. The average molecular weight is 318 g/mol. The van der Waals surface area contributed by atoms with Gasteiger partial charge in [0, 0.05) is 30.6 Å². The molecule has 0 radical (unpaired) electrons. The van der Waals surface area contributed by atoms with Crippen LogP contribution < -0.4 is 5.32 Å². The Kier molecular flexibility index (Phi) is 4.79. The highest BCUT2D eigenvalue weighted by atomic mass is 32.2. The second-order valence-corrected chi connectivity index (χ2v) is 8.04. The molecule has 1 aliphatic rings. The predicted octanol–water partition coefficient (Wildman–Crippen LogP) is 0.960. The average Bonchev–Trinajstić information content (AvgIpc) is 2.85. The highest BCUT2D eigenvalue weighted by Gasteiger charge is 2.24. The summed E-state index contributed by atoms with van der Waals surface area (Å²) < 4.78 is 24.3. The molecule has 0 unspecified atom stereocenters. The molecule has 0 aliphatic carbocycles. The number of rotatable bonds is 5. The summed E-state index contributed by atoms with van der Waals surface area (Å²) in [5.74, 6) is -0.900. The van der Waals surface area contributed by atoms with Crippen molar-refractivity contribution in [2.45, 2.75) is 25.4 Å². The topological polar surface area (TPSA) is 86.7 Å². The van der Waals surface area contributed by atoms with Gasteiger partial charge in [0.15, 0.2) is 0 Å². The SMILES string of the molecule is CS(=O)(=O)N1CCC(NCc2ccc(C(=O)O)s2)CC1. The van der Waals surface area contributed by atoms with Crippen LogP contribution in [0.2, 0.25) is 0 Å². The highest BCUT2D eigenvalue weighted by molar-refractivity contribution is 7.88. The van der Waals surface area contributed by atoms with Crippen molar-refractivity contribution in [1.82, 2.24) is 9.62 Å². The van der Waals surface area contributed by atoms with E-state index in [2.05, 4.69) is 5.32 Å². The van der Waals surface area contributed by atoms with Crippen molar-refractivity contribution < 1.29 is 18.3 Å². The van der Waals surface area contributed by atoms with Crippen molar-refractivity contribution in [3.63, 3.8) is 0 Å². The molecule has 1 saturated heterocycles. The maximum atomic E-state index is 11.4. The number of nitrogens with zero attached hydrogens (tertiary/aromatic N) is 1. The Morgan fingerprint density at radius 3 is 2.60 bits per heavy atom. The fraction of sp³-hybridized carbons (Fsp3) is 0.583. The minimum absolute atomic E-state index is 0.281. The van der Waals surface area contributed by atoms with Crippen molar-refractivity contribution in [3.8, 4) is 0 Å². The first-order valence-corrected chi connectivity index (χ1v) is 9.03. The monoisotopic (exact) mass is 318 g/mol. The maximum Gasteiger partial charge on any atom is 0.345 e. The van der Waals surface area contributed by atoms with Gasteiger partial charge >= 0.3 is 5.97 Å². The molecule has 1 fully saturated rings. The number of carboxylic acids is 1. The van der Waals surface area contributed by atoms with E-state index in [-0.39, 0.29) is 6.04 Å². The van der Waals surface area contributed by atoms with Gasteiger partial charge in [-0.2, -0.15) is 0 Å². The number of sulfonamides is 1. The number of hydrogen-bond acceptors (Lipinski definition) is 5. The van der Waals surface area contributed by atoms with Crippen LogP contribution in [0.5, 0.6) is 0 Å². The van der Waals surface area contributed by atoms with E-state index < -0.39 is 16.0 Å². The van der Waals surface area contributed by atoms with Crippen molar-refractivity contribution in [1.29, 1.82) is 0 Å². The summed E-state index contributed by atoms with van der Waals surface area (Å²) in [6, 6.07) is 3.70. The number of hydrogen-bond donors (Lipinski definition) is 2. The van der Waals surface area contributed by atoms with E-state index in [9.17, 15) is 13.2 Å². The lowest BCUT2D eigenvalue weighted by molar-refractivity contribution is 0.0702. The highest BCUT2D eigenvalue weighted by Crippen LogP contribution is 2.18. The fourth-order valence-electron chi connectivity index (χ4n) is 2.22. The summed E-state index contributed by atoms with van der Waals surface area (Å²) in [5.41, 5.74) is 0. The largest absolute Gasteiger partial charge is 0.477 e. The van der Waals surface area contributed by atoms with E-state index in [0.29, 0.717) is 24.5 Å². The quantitative estimate of drug-likeness (QED) is 0.844. The number of carbonyl (C=O) groups is 1. The first kappa shape index (κ1) is 15.4. The van der Waals surface area contributed by atoms with Gasteiger partial charge in [-0.3, -0.25) is 0 Å². The lowest BCUT2D eigenvalue weighted by Crippen LogP contribution is -2.44. The second kappa shape index (κ2) is 6.21. The number of carboxylic acid groups (broad SMARTS) is 1. The molecule has 1 aromatic rings. The van der Waals surface area contributed by atoms with Gasteiger partial charge in [0.2, 0.25) is 10.0 Å². The Hall–Kier alpha value is -0.960. The summed E-state index contributed by atoms with van der Waals surface area (Å²) in [4.78, 5) is 12.1. The van der Waals surface area contributed by atoms with Crippen LogP contribution >= 0.6 is 11.3 Å². The van der Waals surface area contributed by atoms with E-state index >= 15 is 0 Å². The van der Waals surface area contributed by atoms with Gasteiger partial charge in [0.1, 0.15) is 4.88 Å². The van der Waals surface area contributed by atoms with Crippen molar-refractivity contribution in [2.75, 3.05) is 19.3 Å². The molecule has 2 heterocycles. The molecule has 0 bridgehead atoms. The van der Waals surface area contributed by atoms with E-state index in [1.54, 1.807) is 6.07 Å². The molecular weight excluding hydrogens is 300 g/mol. The molecule has 20 heavy (non-hydrogen) atoms. The van der Waals surface area contributed by atoms with Crippen LogP contribution in [0.15, 0.2) is 12.1 Å². The van der Waals surface area contributed by atoms with Crippen LogP contribution in [0.4, 0.5) is 0 Å². The van der Waals surface area contributed by atoms with E-state index in [4.69, 9.17) is 5.11 Å². The Labute approximate surface area is 122 Å². The molecule has 2 N–H and O–H groups in total. The van der Waals surface area contributed by atoms with Crippen molar-refractivity contribution >= 4 is 27.3 Å². The summed E-state index contributed by atoms with van der Waals surface area (Å²) in [7, 11) is -3.08. The molecule has 0 atom stereocenters. The number of nitrogens with one attached hydrogen (secondary N) is 1. The first-order chi connectivity index (χ1) is 9.36. The van der Waals surface area contributed by atoms with Crippen molar-refractivity contribution in [3.05, 3.63) is 21.9 Å². The zero-order valence-electron chi connectivity index (χ0n) is 11.2. The van der Waals surface area contributed by atoms with E-state index in [1.165, 1.54) is 21.9 Å². The number of piperidine rings is 1. The second-order valence-electron chi connectivity index (χ2n) is 4.89. The first-order valence-electron chi connectivity index (χ1n) is 6.37. The standard InChI is InChI=1S/C12H18N2O4S2/c1-20(17,18)14-6-4-9(5-7-14)13-8-10-2-3-11(19-10)12(15)16/h2-3,9,13H,4-8H2,1H3,(H,15,16). The molecule has 0 saturated carbocycles. The van der Waals surface area contributed by atoms with Crippen LogP contribution in [-0.2, 0) is 16.6 Å². The molecule has 8 heteroatoms. The Balaban J connectivity index is 1.80. The summed E-state index contributed by atoms with van der Waals surface area (Å²) >= 11 is 1.27. The Morgan fingerprint density at radius 1 is 1.45 bits per heavy atom. The van der Waals surface area contributed by atoms with Crippen LogP contribution in [0.3, 0.4) is 0 Å². The minimum Gasteiger partial charge on any atom is -0.477 e. The Morgan fingerprint density at radius 2 is 2.10 bits per heavy atom. The summed E-state index contributed by atoms with van der Waals surface area (Å²) in [6.07, 6.45) is 2.80. The lowest BCUT2D eigenvalue weighted by Gasteiger charge is -2.30. The van der Waals surface area contributed by atoms with Crippen molar-refractivity contribution in [2.24, 2.45) is 0 Å². The number of thiophene rings is 1. The van der Waals surface area contributed by atoms with Crippen LogP contribution in [0.1, 0.15) is 27.4 Å². The molecule has 0 spiro atoms. The molecule has 0 aromatic carbocycles. The summed E-state index contributed by atoms with van der Waals surface area (Å²) in [6.45, 7) is 1.71. The lowest BCUT2D eigenvalue weighted by atomic mass is 10.1. The zero-order chi connectivity index (χ0) is 14.8. The van der Waals surface area contributed by atoms with Gasteiger partial charge in [0.05, 0.1) is 6.26 Å². The smallest absolute Gasteiger partial charge is 0.345 e. The van der Waals surface area contributed by atoms with Gasteiger partial charge in [-0.05, 0) is 25.0 Å². The Bertz CT molecular complexity index is 574. The number of aromatic carboxylic acids is 1. The van der Waals surface area contributed by atoms with Crippen LogP contribution in [0.25, 0.3) is 0 Å². The molecule has 2 rings (SSSR count). The van der Waals surface area contributed by atoms with Crippen LogP contribution in [-0.4, -0.2) is 49.2 Å².